The van der Waals surface area contributed by atoms with Crippen LogP contribution in [0, 0.1) is 0 Å². The number of fused-ring (bicyclic) bond motifs is 1. The van der Waals surface area contributed by atoms with E-state index in [1.165, 1.54) is 10.6 Å². The fourth-order valence-electron chi connectivity index (χ4n) is 2.31. The minimum atomic E-state index is -3.25. The molecule has 1 aromatic carbocycles. The fraction of sp³-hybridized carbons (Fsp3) is 0.500. The highest BCUT2D eigenvalue weighted by molar-refractivity contribution is 7.92. The van der Waals surface area contributed by atoms with Crippen molar-refractivity contribution >= 4 is 34.0 Å². The minimum absolute atomic E-state index is 0. The molecule has 0 spiro atoms. The highest BCUT2D eigenvalue weighted by atomic mass is 35.5. The summed E-state index contributed by atoms with van der Waals surface area (Å²) in [5, 5.41) is 5.90. The van der Waals surface area contributed by atoms with E-state index >= 15 is 0 Å². The van der Waals surface area contributed by atoms with Gasteiger partial charge in [-0.25, -0.2) is 8.42 Å². The predicted molar refractivity (Wildman–Crippen MR) is 90.4 cm³/mol. The van der Waals surface area contributed by atoms with Crippen molar-refractivity contribution in [1.82, 2.24) is 10.6 Å². The van der Waals surface area contributed by atoms with E-state index in [0.29, 0.717) is 30.8 Å². The van der Waals surface area contributed by atoms with Crippen LogP contribution < -0.4 is 14.9 Å². The van der Waals surface area contributed by atoms with Crippen molar-refractivity contribution in [2.24, 2.45) is 0 Å². The number of likely N-dealkylation sites (N-methyl/N-ethyl adjacent to an activating group) is 1. The summed E-state index contributed by atoms with van der Waals surface area (Å²) in [5.41, 5.74) is 2.14. The molecule has 0 radical (unpaired) electrons. The highest BCUT2D eigenvalue weighted by Crippen LogP contribution is 2.30. The van der Waals surface area contributed by atoms with Crippen LogP contribution in [0.15, 0.2) is 18.2 Å². The van der Waals surface area contributed by atoms with Crippen molar-refractivity contribution in [3.63, 3.8) is 0 Å². The van der Waals surface area contributed by atoms with Gasteiger partial charge in [0.1, 0.15) is 0 Å². The number of carbonyl (C=O) groups is 1. The third-order valence-corrected chi connectivity index (χ3v) is 4.84. The first-order valence-corrected chi connectivity index (χ1v) is 8.74. The van der Waals surface area contributed by atoms with Crippen molar-refractivity contribution in [3.05, 3.63) is 29.3 Å². The molecule has 1 aliphatic rings. The molecular formula is C14H22ClN3O3S. The molecule has 1 atom stereocenters. The van der Waals surface area contributed by atoms with Crippen LogP contribution in [0.5, 0.6) is 0 Å². The maximum Gasteiger partial charge on any atom is 0.251 e. The largest absolute Gasteiger partial charge is 0.350 e. The summed E-state index contributed by atoms with van der Waals surface area (Å²) in [6.45, 7) is 2.96. The van der Waals surface area contributed by atoms with E-state index in [0.717, 1.165) is 5.56 Å². The minimum Gasteiger partial charge on any atom is -0.350 e. The molecule has 1 unspecified atom stereocenters. The van der Waals surface area contributed by atoms with E-state index in [2.05, 4.69) is 10.6 Å². The van der Waals surface area contributed by atoms with Gasteiger partial charge in [-0.3, -0.25) is 9.10 Å². The Morgan fingerprint density at radius 3 is 2.68 bits per heavy atom. The van der Waals surface area contributed by atoms with Gasteiger partial charge in [-0.2, -0.15) is 0 Å². The molecule has 22 heavy (non-hydrogen) atoms. The maximum atomic E-state index is 12.1. The molecule has 124 valence electrons. The van der Waals surface area contributed by atoms with Gasteiger partial charge < -0.3 is 10.6 Å². The Bertz CT molecular complexity index is 649. The number of nitrogens with zero attached hydrogens (tertiary/aromatic N) is 1. The Labute approximate surface area is 137 Å². The van der Waals surface area contributed by atoms with Crippen LogP contribution in [0.1, 0.15) is 22.8 Å². The van der Waals surface area contributed by atoms with Crippen molar-refractivity contribution < 1.29 is 13.2 Å². The number of halogens is 1. The summed E-state index contributed by atoms with van der Waals surface area (Å²) >= 11 is 0. The average molecular weight is 348 g/mol. The summed E-state index contributed by atoms with van der Waals surface area (Å²) in [6, 6.07) is 5.35. The Morgan fingerprint density at radius 1 is 1.41 bits per heavy atom. The van der Waals surface area contributed by atoms with Gasteiger partial charge >= 0.3 is 0 Å². The van der Waals surface area contributed by atoms with Gasteiger partial charge in [0.05, 0.1) is 11.9 Å². The number of anilines is 1. The molecule has 0 aliphatic carbocycles. The molecule has 1 heterocycles. The molecular weight excluding hydrogens is 326 g/mol. The number of rotatable bonds is 5. The quantitative estimate of drug-likeness (QED) is 0.824. The van der Waals surface area contributed by atoms with E-state index in [9.17, 15) is 13.2 Å². The molecule has 0 bridgehead atoms. The summed E-state index contributed by atoms with van der Waals surface area (Å²) in [7, 11) is -1.41. The lowest BCUT2D eigenvalue weighted by molar-refractivity contribution is 0.0950. The lowest BCUT2D eigenvalue weighted by atomic mass is 10.1. The lowest BCUT2D eigenvalue weighted by Crippen LogP contribution is -2.37. The molecule has 0 fully saturated rings. The molecule has 1 aromatic rings. The summed E-state index contributed by atoms with van der Waals surface area (Å²) in [5.74, 6) is -0.141. The van der Waals surface area contributed by atoms with Crippen molar-refractivity contribution in [1.29, 1.82) is 0 Å². The molecule has 0 aromatic heterocycles. The number of amides is 1. The summed E-state index contributed by atoms with van der Waals surface area (Å²) < 4.78 is 24.7. The Kier molecular flexibility index (Phi) is 6.22. The Hall–Kier alpha value is -1.31. The molecule has 0 saturated carbocycles. The van der Waals surface area contributed by atoms with Gasteiger partial charge in [0.2, 0.25) is 10.0 Å². The molecule has 8 heteroatoms. The number of benzene rings is 1. The number of hydrogen-bond donors (Lipinski definition) is 2. The second kappa shape index (κ2) is 7.30. The van der Waals surface area contributed by atoms with Crippen LogP contribution in [0.4, 0.5) is 5.69 Å². The predicted octanol–water partition coefficient (Wildman–Crippen LogP) is 0.768. The van der Waals surface area contributed by atoms with Gasteiger partial charge in [-0.05, 0) is 44.2 Å². The van der Waals surface area contributed by atoms with Crippen LogP contribution in [0.3, 0.4) is 0 Å². The summed E-state index contributed by atoms with van der Waals surface area (Å²) in [6.07, 6.45) is 1.83. The number of sulfonamides is 1. The first kappa shape index (κ1) is 18.7. The van der Waals surface area contributed by atoms with Crippen LogP contribution in [-0.4, -0.2) is 46.8 Å². The van der Waals surface area contributed by atoms with Crippen LogP contribution in [0.25, 0.3) is 0 Å². The molecule has 2 rings (SSSR count). The molecule has 1 aliphatic heterocycles. The fourth-order valence-corrected chi connectivity index (χ4v) is 3.27. The lowest BCUT2D eigenvalue weighted by Gasteiger charge is -2.16. The van der Waals surface area contributed by atoms with Gasteiger partial charge in [0, 0.05) is 24.7 Å². The van der Waals surface area contributed by atoms with Crippen LogP contribution >= 0.6 is 12.4 Å². The van der Waals surface area contributed by atoms with Crippen molar-refractivity contribution in [2.75, 3.05) is 30.7 Å². The third-order valence-electron chi connectivity index (χ3n) is 3.66. The van der Waals surface area contributed by atoms with Gasteiger partial charge in [0.15, 0.2) is 0 Å². The van der Waals surface area contributed by atoms with Crippen molar-refractivity contribution in [3.8, 4) is 0 Å². The zero-order valence-corrected chi connectivity index (χ0v) is 14.6. The number of nitrogens with one attached hydrogen (secondary N) is 2. The molecule has 1 amide bonds. The standard InChI is InChI=1S/C14H21N3O3S.ClH/c1-10(15-2)9-16-14(18)12-4-5-13-11(8-12)6-7-17(13)21(3,19)20;/h4-5,8,10,15H,6-7,9H2,1-3H3,(H,16,18);1H. The normalized spacial score (nSPS) is 15.0. The Morgan fingerprint density at radius 2 is 2.09 bits per heavy atom. The van der Waals surface area contributed by atoms with E-state index in [1.807, 2.05) is 14.0 Å². The smallest absolute Gasteiger partial charge is 0.251 e. The summed E-state index contributed by atoms with van der Waals surface area (Å²) in [4.78, 5) is 12.1. The average Bonchev–Trinajstić information content (AvgIpc) is 2.87. The molecule has 0 saturated heterocycles. The topological polar surface area (TPSA) is 78.5 Å². The van der Waals surface area contributed by atoms with Gasteiger partial charge in [-0.1, -0.05) is 0 Å². The van der Waals surface area contributed by atoms with E-state index in [1.54, 1.807) is 18.2 Å². The SMILES string of the molecule is CNC(C)CNC(=O)c1ccc2c(c1)CCN2S(C)(=O)=O.Cl. The van der Waals surface area contributed by atoms with E-state index < -0.39 is 10.0 Å². The first-order chi connectivity index (χ1) is 9.82. The number of hydrogen-bond acceptors (Lipinski definition) is 4. The first-order valence-electron chi connectivity index (χ1n) is 6.89. The van der Waals surface area contributed by atoms with Crippen molar-refractivity contribution in [2.45, 2.75) is 19.4 Å². The molecule has 2 N–H and O–H groups in total. The second-order valence-corrected chi connectivity index (χ2v) is 7.24. The zero-order chi connectivity index (χ0) is 15.6. The second-order valence-electron chi connectivity index (χ2n) is 5.33. The van der Waals surface area contributed by atoms with Gasteiger partial charge in [0.25, 0.3) is 5.91 Å². The van der Waals surface area contributed by atoms with E-state index in [-0.39, 0.29) is 24.4 Å². The Balaban J connectivity index is 0.00000242. The van der Waals surface area contributed by atoms with Gasteiger partial charge in [-0.15, -0.1) is 12.4 Å². The third kappa shape index (κ3) is 4.12. The monoisotopic (exact) mass is 347 g/mol. The van der Waals surface area contributed by atoms with E-state index in [4.69, 9.17) is 0 Å². The van der Waals surface area contributed by atoms with Crippen LogP contribution in [-0.2, 0) is 16.4 Å². The van der Waals surface area contributed by atoms with Crippen LogP contribution in [0.2, 0.25) is 0 Å². The zero-order valence-electron chi connectivity index (χ0n) is 12.9. The number of carbonyl (C=O) groups excluding carboxylic acids is 1. The highest BCUT2D eigenvalue weighted by Gasteiger charge is 2.26. The molecule has 6 nitrogen and oxygen atoms in total. The maximum absolute atomic E-state index is 12.1.